The molecule has 0 bridgehead atoms. The zero-order valence-electron chi connectivity index (χ0n) is 10.0. The largest absolute Gasteiger partial charge is 0.459 e. The van der Waals surface area contributed by atoms with E-state index in [0.717, 1.165) is 5.56 Å². The first-order chi connectivity index (χ1) is 8.15. The molecule has 0 aliphatic carbocycles. The number of pyridine rings is 1. The molecule has 0 aromatic carbocycles. The molecular formula is C12H16N2O3. The Morgan fingerprint density at radius 3 is 2.59 bits per heavy atom. The fraction of sp³-hybridized carbons (Fsp3) is 0.417. The van der Waals surface area contributed by atoms with Gasteiger partial charge in [-0.25, -0.2) is 4.79 Å². The van der Waals surface area contributed by atoms with Gasteiger partial charge in [0, 0.05) is 26.0 Å². The van der Waals surface area contributed by atoms with Crippen LogP contribution in [0.25, 0.3) is 0 Å². The number of ether oxygens (including phenoxy) is 1. The highest BCUT2D eigenvalue weighted by Gasteiger charge is 2.19. The van der Waals surface area contributed by atoms with E-state index in [9.17, 15) is 9.59 Å². The number of nitrogens with zero attached hydrogens (tertiary/aromatic N) is 2. The van der Waals surface area contributed by atoms with Gasteiger partial charge in [0.25, 0.3) is 0 Å². The van der Waals surface area contributed by atoms with E-state index in [2.05, 4.69) is 9.72 Å². The number of hydrogen-bond donors (Lipinski definition) is 0. The number of rotatable bonds is 4. The molecule has 0 spiro atoms. The van der Waals surface area contributed by atoms with Crippen LogP contribution in [0.3, 0.4) is 0 Å². The third-order valence-corrected chi connectivity index (χ3v) is 2.28. The number of amides is 1. The molecule has 0 saturated carbocycles. The molecule has 0 radical (unpaired) electrons. The third-order valence-electron chi connectivity index (χ3n) is 2.28. The van der Waals surface area contributed by atoms with Gasteiger partial charge in [0.1, 0.15) is 0 Å². The van der Waals surface area contributed by atoms with Crippen molar-refractivity contribution in [3.8, 4) is 0 Å². The van der Waals surface area contributed by atoms with Gasteiger partial charge in [0.2, 0.25) is 0 Å². The van der Waals surface area contributed by atoms with E-state index in [1.54, 1.807) is 26.4 Å². The van der Waals surface area contributed by atoms with Crippen LogP contribution in [0.4, 0.5) is 0 Å². The molecule has 17 heavy (non-hydrogen) atoms. The fourth-order valence-electron chi connectivity index (χ4n) is 1.30. The molecule has 0 saturated heterocycles. The lowest BCUT2D eigenvalue weighted by Crippen LogP contribution is -2.35. The first-order valence-corrected chi connectivity index (χ1v) is 5.46. The molecular weight excluding hydrogens is 220 g/mol. The Hall–Kier alpha value is -1.91. The molecule has 92 valence electrons. The lowest BCUT2D eigenvalue weighted by molar-refractivity contribution is -0.159. The van der Waals surface area contributed by atoms with Gasteiger partial charge in [-0.05, 0) is 31.0 Å². The van der Waals surface area contributed by atoms with Crippen LogP contribution in [0.1, 0.15) is 12.5 Å². The van der Waals surface area contributed by atoms with Crippen LogP contribution >= 0.6 is 0 Å². The lowest BCUT2D eigenvalue weighted by Gasteiger charge is -2.15. The average molecular weight is 236 g/mol. The molecule has 0 fully saturated rings. The summed E-state index contributed by atoms with van der Waals surface area (Å²) in [4.78, 5) is 27.9. The van der Waals surface area contributed by atoms with Crippen molar-refractivity contribution in [2.24, 2.45) is 0 Å². The van der Waals surface area contributed by atoms with Crippen molar-refractivity contribution in [3.63, 3.8) is 0 Å². The van der Waals surface area contributed by atoms with Crippen molar-refractivity contribution in [2.45, 2.75) is 13.3 Å². The Kier molecular flexibility index (Phi) is 5.13. The zero-order chi connectivity index (χ0) is 12.7. The molecule has 0 aliphatic heterocycles. The van der Waals surface area contributed by atoms with Crippen molar-refractivity contribution in [3.05, 3.63) is 30.1 Å². The summed E-state index contributed by atoms with van der Waals surface area (Å²) in [6.45, 7) is 2.35. The van der Waals surface area contributed by atoms with E-state index in [0.29, 0.717) is 13.0 Å². The highest BCUT2D eigenvalue weighted by Crippen LogP contribution is 1.99. The number of hydrogen-bond acceptors (Lipinski definition) is 4. The van der Waals surface area contributed by atoms with Gasteiger partial charge >= 0.3 is 11.9 Å². The second-order valence-corrected chi connectivity index (χ2v) is 3.55. The summed E-state index contributed by atoms with van der Waals surface area (Å²) in [6.07, 6.45) is 4.08. The Bertz CT molecular complexity index is 379. The predicted molar refractivity (Wildman–Crippen MR) is 62.2 cm³/mol. The molecule has 0 aliphatic rings. The molecule has 5 heteroatoms. The summed E-state index contributed by atoms with van der Waals surface area (Å²) >= 11 is 0. The monoisotopic (exact) mass is 236 g/mol. The molecule has 1 heterocycles. The van der Waals surface area contributed by atoms with Gasteiger partial charge in [0.05, 0.1) is 6.61 Å². The van der Waals surface area contributed by atoms with Gasteiger partial charge in [-0.2, -0.15) is 0 Å². The molecule has 1 aromatic rings. The Morgan fingerprint density at radius 2 is 2.00 bits per heavy atom. The van der Waals surface area contributed by atoms with Crippen molar-refractivity contribution >= 4 is 11.9 Å². The maximum Gasteiger partial charge on any atom is 0.396 e. The highest BCUT2D eigenvalue weighted by atomic mass is 16.5. The number of esters is 1. The predicted octanol–water partition coefficient (Wildman–Crippen LogP) is 0.646. The number of likely N-dealkylation sites (N-methyl/N-ethyl adjacent to an activating group) is 1. The van der Waals surface area contributed by atoms with E-state index in [-0.39, 0.29) is 6.61 Å². The molecule has 1 aromatic heterocycles. The second-order valence-electron chi connectivity index (χ2n) is 3.55. The minimum absolute atomic E-state index is 0.211. The van der Waals surface area contributed by atoms with Crippen LogP contribution in [0.2, 0.25) is 0 Å². The Labute approximate surface area is 100 Å². The highest BCUT2D eigenvalue weighted by molar-refractivity contribution is 6.32. The Balaban J connectivity index is 2.42. The van der Waals surface area contributed by atoms with Crippen molar-refractivity contribution in [1.29, 1.82) is 0 Å². The number of carbonyl (C=O) groups excluding carboxylic acids is 2. The van der Waals surface area contributed by atoms with Crippen LogP contribution < -0.4 is 0 Å². The number of carbonyl (C=O) groups is 2. The maximum atomic E-state index is 11.5. The third kappa shape index (κ3) is 4.22. The van der Waals surface area contributed by atoms with Crippen LogP contribution in [0, 0.1) is 0 Å². The minimum atomic E-state index is -0.801. The quantitative estimate of drug-likeness (QED) is 0.568. The van der Waals surface area contributed by atoms with Crippen molar-refractivity contribution in [1.82, 2.24) is 9.88 Å². The summed E-state index contributed by atoms with van der Waals surface area (Å²) in [5.74, 6) is -1.41. The summed E-state index contributed by atoms with van der Waals surface area (Å²) in [5.41, 5.74) is 1.07. The topological polar surface area (TPSA) is 59.5 Å². The van der Waals surface area contributed by atoms with E-state index >= 15 is 0 Å². The van der Waals surface area contributed by atoms with E-state index in [1.165, 1.54) is 4.90 Å². The van der Waals surface area contributed by atoms with Gasteiger partial charge in [-0.1, -0.05) is 0 Å². The summed E-state index contributed by atoms with van der Waals surface area (Å²) in [5, 5.41) is 0. The van der Waals surface area contributed by atoms with Crippen molar-refractivity contribution < 1.29 is 14.3 Å². The molecule has 5 nitrogen and oxygen atoms in total. The normalized spacial score (nSPS) is 9.76. The molecule has 0 atom stereocenters. The van der Waals surface area contributed by atoms with Crippen LogP contribution in [-0.2, 0) is 20.7 Å². The second kappa shape index (κ2) is 6.62. The van der Waals surface area contributed by atoms with E-state index < -0.39 is 11.9 Å². The van der Waals surface area contributed by atoms with Crippen LogP contribution in [-0.4, -0.2) is 42.0 Å². The first kappa shape index (κ1) is 13.2. The van der Waals surface area contributed by atoms with Gasteiger partial charge in [0.15, 0.2) is 0 Å². The number of aromatic nitrogens is 1. The van der Waals surface area contributed by atoms with E-state index in [4.69, 9.17) is 0 Å². The summed E-state index contributed by atoms with van der Waals surface area (Å²) in [7, 11) is 1.58. The van der Waals surface area contributed by atoms with Gasteiger partial charge < -0.3 is 9.64 Å². The summed E-state index contributed by atoms with van der Waals surface area (Å²) in [6, 6.07) is 3.76. The van der Waals surface area contributed by atoms with Crippen LogP contribution in [0.5, 0.6) is 0 Å². The SMILES string of the molecule is CCOC(=O)C(=O)N(C)CCc1ccncc1. The van der Waals surface area contributed by atoms with Gasteiger partial charge in [-0.3, -0.25) is 9.78 Å². The maximum absolute atomic E-state index is 11.5. The smallest absolute Gasteiger partial charge is 0.396 e. The summed E-state index contributed by atoms with van der Waals surface area (Å²) < 4.78 is 4.64. The van der Waals surface area contributed by atoms with E-state index in [1.807, 2.05) is 12.1 Å². The molecule has 0 unspecified atom stereocenters. The molecule has 0 N–H and O–H groups in total. The minimum Gasteiger partial charge on any atom is -0.459 e. The lowest BCUT2D eigenvalue weighted by atomic mass is 10.2. The zero-order valence-corrected chi connectivity index (χ0v) is 10.0. The first-order valence-electron chi connectivity index (χ1n) is 5.46. The van der Waals surface area contributed by atoms with Gasteiger partial charge in [-0.15, -0.1) is 0 Å². The molecule has 1 amide bonds. The molecule has 1 rings (SSSR count). The Morgan fingerprint density at radius 1 is 1.35 bits per heavy atom. The standard InChI is InChI=1S/C12H16N2O3/c1-3-17-12(16)11(15)14(2)9-6-10-4-7-13-8-5-10/h4-5,7-8H,3,6,9H2,1-2H3. The van der Waals surface area contributed by atoms with Crippen molar-refractivity contribution in [2.75, 3.05) is 20.2 Å². The van der Waals surface area contributed by atoms with Crippen LogP contribution in [0.15, 0.2) is 24.5 Å². The fourth-order valence-corrected chi connectivity index (χ4v) is 1.30. The average Bonchev–Trinajstić information content (AvgIpc) is 2.36.